The monoisotopic (exact) mass is 259 g/mol. The van der Waals surface area contributed by atoms with Crippen LogP contribution in [0, 0.1) is 6.92 Å². The van der Waals surface area contributed by atoms with Crippen molar-refractivity contribution in [2.24, 2.45) is 0 Å². The summed E-state index contributed by atoms with van der Waals surface area (Å²) in [5.41, 5.74) is 9.28. The highest BCUT2D eigenvalue weighted by molar-refractivity contribution is 5.63. The number of hydrogen-bond donors (Lipinski definition) is 2. The van der Waals surface area contributed by atoms with E-state index in [9.17, 15) is 0 Å². The van der Waals surface area contributed by atoms with Crippen LogP contribution >= 0.6 is 0 Å². The predicted octanol–water partition coefficient (Wildman–Crippen LogP) is 3.00. The molecule has 19 heavy (non-hydrogen) atoms. The molecule has 2 fully saturated rings. The molecule has 0 aromatic heterocycles. The second-order valence-electron chi connectivity index (χ2n) is 6.24. The number of nitrogens with one attached hydrogen (secondary N) is 1. The molecule has 0 spiro atoms. The van der Waals surface area contributed by atoms with Gasteiger partial charge in [-0.05, 0) is 57.4 Å². The molecule has 0 saturated carbocycles. The fourth-order valence-corrected chi connectivity index (χ4v) is 3.76. The Morgan fingerprint density at radius 2 is 1.89 bits per heavy atom. The van der Waals surface area contributed by atoms with Crippen molar-refractivity contribution in [2.75, 3.05) is 18.1 Å². The summed E-state index contributed by atoms with van der Waals surface area (Å²) in [5.74, 6) is 0. The van der Waals surface area contributed by atoms with Crippen LogP contribution in [-0.4, -0.2) is 30.1 Å². The third kappa shape index (κ3) is 2.44. The maximum absolute atomic E-state index is 5.99. The third-order valence-electron chi connectivity index (χ3n) is 5.08. The van der Waals surface area contributed by atoms with Crippen LogP contribution in [0.2, 0.25) is 0 Å². The number of fused-ring (bicyclic) bond motifs is 2. The number of piperidine rings is 2. The van der Waals surface area contributed by atoms with Crippen LogP contribution in [0.15, 0.2) is 18.2 Å². The quantitative estimate of drug-likeness (QED) is 0.802. The van der Waals surface area contributed by atoms with E-state index < -0.39 is 0 Å². The molecule has 1 aromatic rings. The Kier molecular flexibility index (Phi) is 3.40. The maximum Gasteiger partial charge on any atom is 0.0392 e. The first-order chi connectivity index (χ1) is 9.15. The van der Waals surface area contributed by atoms with Crippen molar-refractivity contribution in [3.63, 3.8) is 0 Å². The molecule has 3 nitrogen and oxygen atoms in total. The first kappa shape index (κ1) is 12.8. The molecule has 3 N–H and O–H groups in total. The van der Waals surface area contributed by atoms with Crippen LogP contribution in [0.5, 0.6) is 0 Å². The summed E-state index contributed by atoms with van der Waals surface area (Å²) < 4.78 is 0. The van der Waals surface area contributed by atoms with E-state index in [1.54, 1.807) is 0 Å². The molecule has 3 rings (SSSR count). The van der Waals surface area contributed by atoms with Gasteiger partial charge in [0.25, 0.3) is 0 Å². The molecule has 2 aliphatic heterocycles. The van der Waals surface area contributed by atoms with E-state index in [0.29, 0.717) is 6.04 Å². The van der Waals surface area contributed by atoms with Crippen LogP contribution in [-0.2, 0) is 0 Å². The van der Waals surface area contributed by atoms with Gasteiger partial charge < -0.3 is 16.0 Å². The van der Waals surface area contributed by atoms with E-state index in [2.05, 4.69) is 30.3 Å². The smallest absolute Gasteiger partial charge is 0.0392 e. The SMILES string of the molecule is Cc1c(N)cccc1NC1CC2CCCC(C1)N2C. The molecule has 2 bridgehead atoms. The van der Waals surface area contributed by atoms with Crippen molar-refractivity contribution >= 4 is 11.4 Å². The lowest BCUT2D eigenvalue weighted by Gasteiger charge is -2.47. The van der Waals surface area contributed by atoms with Gasteiger partial charge >= 0.3 is 0 Å². The second-order valence-corrected chi connectivity index (χ2v) is 6.24. The minimum Gasteiger partial charge on any atom is -0.398 e. The molecule has 0 radical (unpaired) electrons. The van der Waals surface area contributed by atoms with Gasteiger partial charge in [0, 0.05) is 29.5 Å². The van der Waals surface area contributed by atoms with Gasteiger partial charge in [0.2, 0.25) is 0 Å². The van der Waals surface area contributed by atoms with Crippen LogP contribution in [0.4, 0.5) is 11.4 Å². The number of nitrogens with zero attached hydrogens (tertiary/aromatic N) is 1. The van der Waals surface area contributed by atoms with E-state index >= 15 is 0 Å². The normalized spacial score (nSPS) is 31.2. The summed E-state index contributed by atoms with van der Waals surface area (Å²) in [6, 6.07) is 8.31. The lowest BCUT2D eigenvalue weighted by Crippen LogP contribution is -2.52. The standard InChI is InChI=1S/C16H25N3/c1-11-15(17)7-4-8-16(11)18-12-9-13-5-3-6-14(10-12)19(13)2/h4,7-8,12-14,18H,3,5-6,9-10,17H2,1-2H3. The van der Waals surface area contributed by atoms with Gasteiger partial charge in [-0.2, -0.15) is 0 Å². The van der Waals surface area contributed by atoms with Gasteiger partial charge in [-0.15, -0.1) is 0 Å². The Bertz CT molecular complexity index is 443. The minimum absolute atomic E-state index is 0.604. The molecule has 2 atom stereocenters. The first-order valence-corrected chi connectivity index (χ1v) is 7.48. The Morgan fingerprint density at radius 1 is 1.21 bits per heavy atom. The highest BCUT2D eigenvalue weighted by Gasteiger charge is 2.35. The van der Waals surface area contributed by atoms with Crippen molar-refractivity contribution in [3.05, 3.63) is 23.8 Å². The van der Waals surface area contributed by atoms with Crippen molar-refractivity contribution < 1.29 is 0 Å². The van der Waals surface area contributed by atoms with Crippen molar-refractivity contribution in [1.82, 2.24) is 4.90 Å². The van der Waals surface area contributed by atoms with Gasteiger partial charge in [0.05, 0.1) is 0 Å². The van der Waals surface area contributed by atoms with E-state index in [1.807, 2.05) is 12.1 Å². The van der Waals surface area contributed by atoms with Crippen molar-refractivity contribution in [3.8, 4) is 0 Å². The second kappa shape index (κ2) is 5.04. The minimum atomic E-state index is 0.604. The molecule has 2 unspecified atom stereocenters. The Balaban J connectivity index is 1.72. The summed E-state index contributed by atoms with van der Waals surface area (Å²) in [6.45, 7) is 2.10. The Hall–Kier alpha value is -1.22. The van der Waals surface area contributed by atoms with Gasteiger partial charge in [0.15, 0.2) is 0 Å². The summed E-state index contributed by atoms with van der Waals surface area (Å²) in [7, 11) is 2.30. The fourth-order valence-electron chi connectivity index (χ4n) is 3.76. The van der Waals surface area contributed by atoms with Crippen molar-refractivity contribution in [2.45, 2.75) is 57.2 Å². The Labute approximate surface area is 116 Å². The summed E-state index contributed by atoms with van der Waals surface area (Å²) in [5, 5.41) is 3.73. The first-order valence-electron chi connectivity index (χ1n) is 7.48. The maximum atomic E-state index is 5.99. The zero-order chi connectivity index (χ0) is 13.4. The predicted molar refractivity (Wildman–Crippen MR) is 81.4 cm³/mol. The molecule has 104 valence electrons. The molecular weight excluding hydrogens is 234 g/mol. The highest BCUT2D eigenvalue weighted by Crippen LogP contribution is 2.34. The largest absolute Gasteiger partial charge is 0.398 e. The lowest BCUT2D eigenvalue weighted by molar-refractivity contribution is 0.0608. The van der Waals surface area contributed by atoms with Crippen LogP contribution < -0.4 is 11.1 Å². The molecular formula is C16H25N3. The molecule has 0 aliphatic carbocycles. The van der Waals surface area contributed by atoms with Crippen LogP contribution in [0.3, 0.4) is 0 Å². The molecule has 1 aromatic carbocycles. The zero-order valence-corrected chi connectivity index (χ0v) is 12.0. The average Bonchev–Trinajstić information content (AvgIpc) is 2.36. The third-order valence-corrected chi connectivity index (χ3v) is 5.08. The summed E-state index contributed by atoms with van der Waals surface area (Å²) in [4.78, 5) is 2.61. The van der Waals surface area contributed by atoms with Crippen LogP contribution in [0.25, 0.3) is 0 Å². The van der Waals surface area contributed by atoms with Gasteiger partial charge in [-0.25, -0.2) is 0 Å². The lowest BCUT2D eigenvalue weighted by atomic mass is 9.82. The average molecular weight is 259 g/mol. The van der Waals surface area contributed by atoms with Crippen molar-refractivity contribution in [1.29, 1.82) is 0 Å². The molecule has 3 heteroatoms. The topological polar surface area (TPSA) is 41.3 Å². The van der Waals surface area contributed by atoms with Gasteiger partial charge in [-0.3, -0.25) is 0 Å². The van der Waals surface area contributed by atoms with Crippen LogP contribution in [0.1, 0.15) is 37.7 Å². The molecule has 2 heterocycles. The van der Waals surface area contributed by atoms with Gasteiger partial charge in [0.1, 0.15) is 0 Å². The summed E-state index contributed by atoms with van der Waals surface area (Å²) in [6.07, 6.45) is 6.66. The molecule has 2 saturated heterocycles. The zero-order valence-electron chi connectivity index (χ0n) is 12.0. The highest BCUT2D eigenvalue weighted by atomic mass is 15.2. The number of nitrogens with two attached hydrogens (primary N) is 1. The molecule has 0 amide bonds. The van der Waals surface area contributed by atoms with Gasteiger partial charge in [-0.1, -0.05) is 12.5 Å². The summed E-state index contributed by atoms with van der Waals surface area (Å²) >= 11 is 0. The van der Waals surface area contributed by atoms with E-state index in [-0.39, 0.29) is 0 Å². The number of anilines is 2. The van der Waals surface area contributed by atoms with E-state index in [0.717, 1.165) is 17.8 Å². The number of rotatable bonds is 2. The molecule has 2 aliphatic rings. The van der Waals surface area contributed by atoms with E-state index in [4.69, 9.17) is 5.73 Å². The Morgan fingerprint density at radius 3 is 2.58 bits per heavy atom. The number of hydrogen-bond acceptors (Lipinski definition) is 3. The fraction of sp³-hybridized carbons (Fsp3) is 0.625. The number of nitrogen functional groups attached to an aromatic ring is 1. The van der Waals surface area contributed by atoms with E-state index in [1.165, 1.54) is 43.4 Å². The number of benzene rings is 1.